The van der Waals surface area contributed by atoms with Crippen molar-refractivity contribution in [3.63, 3.8) is 0 Å². The highest BCUT2D eigenvalue weighted by Gasteiger charge is 2.33. The molecule has 2 amide bonds. The molecule has 2 fully saturated rings. The third-order valence-electron chi connectivity index (χ3n) is 6.84. The van der Waals surface area contributed by atoms with Crippen LogP contribution in [-0.2, 0) is 9.59 Å². The maximum absolute atomic E-state index is 13.0. The topological polar surface area (TPSA) is 69.6 Å². The summed E-state index contributed by atoms with van der Waals surface area (Å²) < 4.78 is 0. The molecule has 32 heavy (non-hydrogen) atoms. The third kappa shape index (κ3) is 4.92. The lowest BCUT2D eigenvalue weighted by molar-refractivity contribution is -0.147. The van der Waals surface area contributed by atoms with Gasteiger partial charge in [-0.25, -0.2) is 0 Å². The highest BCUT2D eigenvalue weighted by atomic mass is 16.2. The molecule has 7 nitrogen and oxygen atoms in total. The quantitative estimate of drug-likeness (QED) is 0.668. The number of hydrogen-bond donors (Lipinski definition) is 0. The van der Waals surface area contributed by atoms with Crippen LogP contribution in [0.3, 0.4) is 0 Å². The van der Waals surface area contributed by atoms with Crippen molar-refractivity contribution in [2.45, 2.75) is 45.6 Å². The molecule has 170 valence electrons. The van der Waals surface area contributed by atoms with Crippen molar-refractivity contribution in [3.8, 4) is 11.3 Å². The van der Waals surface area contributed by atoms with Gasteiger partial charge in [0.15, 0.2) is 5.82 Å². The van der Waals surface area contributed by atoms with E-state index in [1.807, 2.05) is 59.2 Å². The van der Waals surface area contributed by atoms with Gasteiger partial charge in [-0.05, 0) is 38.3 Å². The van der Waals surface area contributed by atoms with Crippen molar-refractivity contribution in [1.82, 2.24) is 20.0 Å². The number of aromatic nitrogens is 2. The average Bonchev–Trinajstić information content (AvgIpc) is 2.81. The Balaban J connectivity index is 1.32. The molecule has 2 heterocycles. The van der Waals surface area contributed by atoms with Gasteiger partial charge >= 0.3 is 0 Å². The monoisotopic (exact) mass is 435 g/mol. The molecule has 1 aromatic carbocycles. The van der Waals surface area contributed by atoms with Crippen LogP contribution in [0.2, 0.25) is 0 Å². The fraction of sp³-hybridized carbons (Fsp3) is 0.520. The van der Waals surface area contributed by atoms with Gasteiger partial charge in [0.1, 0.15) is 0 Å². The van der Waals surface area contributed by atoms with Crippen molar-refractivity contribution in [3.05, 3.63) is 42.5 Å². The highest BCUT2D eigenvalue weighted by molar-refractivity contribution is 5.86. The van der Waals surface area contributed by atoms with Crippen LogP contribution in [0.25, 0.3) is 11.3 Å². The zero-order valence-electron chi connectivity index (χ0n) is 19.1. The lowest BCUT2D eigenvalue weighted by Gasteiger charge is -2.38. The predicted octanol–water partition coefficient (Wildman–Crippen LogP) is 3.22. The van der Waals surface area contributed by atoms with Crippen molar-refractivity contribution >= 4 is 17.6 Å². The molecular formula is C25H33N5O2. The molecule has 1 saturated heterocycles. The number of rotatable bonds is 7. The van der Waals surface area contributed by atoms with Gasteiger partial charge in [0, 0.05) is 43.7 Å². The number of benzene rings is 1. The molecule has 0 N–H and O–H groups in total. The first-order valence-corrected chi connectivity index (χ1v) is 11.8. The summed E-state index contributed by atoms with van der Waals surface area (Å²) in [7, 11) is 0. The molecule has 1 aliphatic carbocycles. The van der Waals surface area contributed by atoms with E-state index in [9.17, 15) is 9.59 Å². The maximum atomic E-state index is 13.0. The Morgan fingerprint density at radius 3 is 2.31 bits per heavy atom. The molecule has 1 saturated carbocycles. The van der Waals surface area contributed by atoms with Gasteiger partial charge in [-0.2, -0.15) is 0 Å². The summed E-state index contributed by atoms with van der Waals surface area (Å²) in [5.41, 5.74) is 1.90. The SMILES string of the molecule is CC[C@H](C)N(CC(=O)N1CCN(c2ccc(-c3ccccc3)nn2)CC1)C(=O)C1CCC1. The number of hydrogen-bond acceptors (Lipinski definition) is 5. The van der Waals surface area contributed by atoms with Crippen molar-refractivity contribution in [2.75, 3.05) is 37.6 Å². The molecular weight excluding hydrogens is 402 g/mol. The Labute approximate surface area is 190 Å². The second-order valence-electron chi connectivity index (χ2n) is 8.86. The van der Waals surface area contributed by atoms with E-state index in [2.05, 4.69) is 22.0 Å². The Bertz CT molecular complexity index is 906. The zero-order valence-corrected chi connectivity index (χ0v) is 19.1. The minimum atomic E-state index is 0.0446. The van der Waals surface area contributed by atoms with Crippen LogP contribution in [0, 0.1) is 5.92 Å². The van der Waals surface area contributed by atoms with Crippen molar-refractivity contribution in [2.24, 2.45) is 5.92 Å². The fourth-order valence-electron chi connectivity index (χ4n) is 4.25. The Morgan fingerprint density at radius 2 is 1.75 bits per heavy atom. The lowest BCUT2D eigenvalue weighted by Crippen LogP contribution is -2.54. The van der Waals surface area contributed by atoms with Gasteiger partial charge in [0.25, 0.3) is 0 Å². The van der Waals surface area contributed by atoms with Gasteiger partial charge in [-0.1, -0.05) is 43.7 Å². The number of amides is 2. The first-order valence-electron chi connectivity index (χ1n) is 11.8. The molecule has 1 aliphatic heterocycles. The van der Waals surface area contributed by atoms with Gasteiger partial charge in [0.2, 0.25) is 11.8 Å². The van der Waals surface area contributed by atoms with Crippen LogP contribution in [0.15, 0.2) is 42.5 Å². The molecule has 1 atom stereocenters. The largest absolute Gasteiger partial charge is 0.352 e. The third-order valence-corrected chi connectivity index (χ3v) is 6.84. The molecule has 4 rings (SSSR count). The van der Waals surface area contributed by atoms with Gasteiger partial charge in [0.05, 0.1) is 12.2 Å². The first-order chi connectivity index (χ1) is 15.6. The van der Waals surface area contributed by atoms with E-state index in [1.54, 1.807) is 0 Å². The van der Waals surface area contributed by atoms with Crippen LogP contribution in [0.4, 0.5) is 5.82 Å². The summed E-state index contributed by atoms with van der Waals surface area (Å²) in [4.78, 5) is 31.7. The second kappa shape index (κ2) is 10.1. The fourth-order valence-corrected chi connectivity index (χ4v) is 4.25. The van der Waals surface area contributed by atoms with Gasteiger partial charge in [-0.3, -0.25) is 9.59 Å². The number of carbonyl (C=O) groups is 2. The molecule has 0 radical (unpaired) electrons. The average molecular weight is 436 g/mol. The molecule has 0 bridgehead atoms. The normalized spacial score (nSPS) is 17.6. The summed E-state index contributed by atoms with van der Waals surface area (Å²) in [5, 5.41) is 8.79. The number of carbonyl (C=O) groups excluding carboxylic acids is 2. The molecule has 7 heteroatoms. The van der Waals surface area contributed by atoms with Crippen molar-refractivity contribution in [1.29, 1.82) is 0 Å². The highest BCUT2D eigenvalue weighted by Crippen LogP contribution is 2.29. The Hall–Kier alpha value is -2.96. The van der Waals surface area contributed by atoms with E-state index in [0.29, 0.717) is 26.2 Å². The number of piperazine rings is 1. The molecule has 0 spiro atoms. The summed E-state index contributed by atoms with van der Waals surface area (Å²) in [6, 6.07) is 14.1. The smallest absolute Gasteiger partial charge is 0.242 e. The molecule has 2 aliphatic rings. The summed E-state index contributed by atoms with van der Waals surface area (Å²) >= 11 is 0. The number of nitrogens with zero attached hydrogens (tertiary/aromatic N) is 5. The van der Waals surface area contributed by atoms with Crippen LogP contribution < -0.4 is 4.90 Å². The molecule has 2 aromatic rings. The van der Waals surface area contributed by atoms with E-state index in [0.717, 1.165) is 42.8 Å². The van der Waals surface area contributed by atoms with Gasteiger partial charge in [-0.15, -0.1) is 10.2 Å². The predicted molar refractivity (Wildman–Crippen MR) is 125 cm³/mol. The summed E-state index contributed by atoms with van der Waals surface area (Å²) in [6.45, 7) is 6.99. The summed E-state index contributed by atoms with van der Waals surface area (Å²) in [5.74, 6) is 1.15. The first kappa shape index (κ1) is 22.2. The molecule has 0 unspecified atom stereocenters. The van der Waals surface area contributed by atoms with Crippen LogP contribution in [-0.4, -0.2) is 70.6 Å². The van der Waals surface area contributed by atoms with E-state index in [-0.39, 0.29) is 30.3 Å². The second-order valence-corrected chi connectivity index (χ2v) is 8.86. The maximum Gasteiger partial charge on any atom is 0.242 e. The standard InChI is InChI=1S/C25H33N5O2/c1-3-19(2)30(25(32)21-10-7-11-21)18-24(31)29-16-14-28(15-17-29)23-13-12-22(26-27-23)20-8-5-4-6-9-20/h4-6,8-9,12-13,19,21H,3,7,10-11,14-18H2,1-2H3/t19-/m0/s1. The zero-order chi connectivity index (χ0) is 22.5. The van der Waals surface area contributed by atoms with Crippen LogP contribution in [0.1, 0.15) is 39.5 Å². The minimum absolute atomic E-state index is 0.0446. The Morgan fingerprint density at radius 1 is 1.03 bits per heavy atom. The van der Waals surface area contributed by atoms with Crippen LogP contribution in [0.5, 0.6) is 0 Å². The Kier molecular flexibility index (Phi) is 7.02. The lowest BCUT2D eigenvalue weighted by atomic mass is 9.84. The summed E-state index contributed by atoms with van der Waals surface area (Å²) in [6.07, 6.45) is 3.90. The van der Waals surface area contributed by atoms with E-state index in [4.69, 9.17) is 0 Å². The van der Waals surface area contributed by atoms with Crippen molar-refractivity contribution < 1.29 is 9.59 Å². The van der Waals surface area contributed by atoms with Gasteiger partial charge < -0.3 is 14.7 Å². The minimum Gasteiger partial charge on any atom is -0.352 e. The van der Waals surface area contributed by atoms with E-state index < -0.39 is 0 Å². The molecule has 1 aromatic heterocycles. The number of anilines is 1. The van der Waals surface area contributed by atoms with Crippen LogP contribution >= 0.6 is 0 Å². The van der Waals surface area contributed by atoms with E-state index >= 15 is 0 Å². The van der Waals surface area contributed by atoms with E-state index in [1.165, 1.54) is 0 Å².